The molecule has 3 nitrogen and oxygen atoms in total. The maximum absolute atomic E-state index is 13.2. The van der Waals surface area contributed by atoms with Crippen LogP contribution in [-0.2, 0) is 4.79 Å². The summed E-state index contributed by atoms with van der Waals surface area (Å²) in [6, 6.07) is 15.2. The quantitative estimate of drug-likeness (QED) is 0.703. The highest BCUT2D eigenvalue weighted by Gasteiger charge is 2.31. The zero-order chi connectivity index (χ0) is 17.8. The molecule has 0 fully saturated rings. The fourth-order valence-corrected chi connectivity index (χ4v) is 3.19. The lowest BCUT2D eigenvalue weighted by Crippen LogP contribution is -2.30. The van der Waals surface area contributed by atoms with E-state index in [4.69, 9.17) is 11.6 Å². The van der Waals surface area contributed by atoms with Crippen molar-refractivity contribution in [3.8, 4) is 0 Å². The zero-order valence-corrected chi connectivity index (χ0v) is 14.7. The molecule has 0 spiro atoms. The van der Waals surface area contributed by atoms with Crippen LogP contribution < -0.4 is 4.90 Å². The second-order valence-corrected chi connectivity index (χ2v) is 6.73. The highest BCUT2D eigenvalue weighted by Crippen LogP contribution is 2.30. The first-order valence-electron chi connectivity index (χ1n) is 7.46. The van der Waals surface area contributed by atoms with Gasteiger partial charge in [0.15, 0.2) is 5.17 Å². The van der Waals surface area contributed by atoms with Crippen molar-refractivity contribution in [3.63, 3.8) is 0 Å². The lowest BCUT2D eigenvalue weighted by Gasteiger charge is -2.17. The molecule has 0 atom stereocenters. The van der Waals surface area contributed by atoms with E-state index in [1.165, 1.54) is 28.8 Å². The van der Waals surface area contributed by atoms with Crippen molar-refractivity contribution in [1.82, 2.24) is 0 Å². The molecule has 2 aromatic rings. The van der Waals surface area contributed by atoms with E-state index in [0.29, 0.717) is 27.3 Å². The second-order valence-electron chi connectivity index (χ2n) is 5.26. The number of amidine groups is 1. The van der Waals surface area contributed by atoms with Gasteiger partial charge >= 0.3 is 0 Å². The molecule has 0 aliphatic carbocycles. The Bertz CT molecular complexity index is 863. The van der Waals surface area contributed by atoms with E-state index in [1.54, 1.807) is 18.2 Å². The molecule has 126 valence electrons. The van der Waals surface area contributed by atoms with Crippen molar-refractivity contribution >= 4 is 46.2 Å². The van der Waals surface area contributed by atoms with Crippen LogP contribution in [0.1, 0.15) is 5.56 Å². The number of hydrogen-bond acceptors (Lipinski definition) is 3. The summed E-state index contributed by atoms with van der Waals surface area (Å²) in [5.41, 5.74) is 1.74. The lowest BCUT2D eigenvalue weighted by atomic mass is 10.2. The Hall–Kier alpha value is -2.37. The number of amides is 1. The molecular formula is C19H14ClFN2OS. The summed E-state index contributed by atoms with van der Waals surface area (Å²) in [4.78, 5) is 18.7. The van der Waals surface area contributed by atoms with Gasteiger partial charge in [0.1, 0.15) is 11.5 Å². The van der Waals surface area contributed by atoms with Gasteiger partial charge in [-0.25, -0.2) is 9.38 Å². The number of carbonyl (C=O) groups is 1. The zero-order valence-electron chi connectivity index (χ0n) is 13.2. The van der Waals surface area contributed by atoms with Crippen LogP contribution in [-0.4, -0.2) is 16.8 Å². The molecule has 1 aliphatic rings. The minimum atomic E-state index is -0.365. The summed E-state index contributed by atoms with van der Waals surface area (Å²) >= 11 is 7.14. The van der Waals surface area contributed by atoms with Crippen LogP contribution in [0, 0.1) is 5.82 Å². The van der Waals surface area contributed by atoms with Gasteiger partial charge in [-0.1, -0.05) is 60.3 Å². The highest BCUT2D eigenvalue weighted by atomic mass is 35.5. The number of anilines is 1. The molecule has 6 heteroatoms. The Morgan fingerprint density at radius 3 is 2.52 bits per heavy atom. The smallest absolute Gasteiger partial charge is 0.266 e. The van der Waals surface area contributed by atoms with Crippen LogP contribution in [0.15, 0.2) is 76.9 Å². The Kier molecular flexibility index (Phi) is 5.36. The summed E-state index contributed by atoms with van der Waals surface area (Å²) in [7, 11) is 0. The van der Waals surface area contributed by atoms with Crippen LogP contribution in [0.25, 0.3) is 6.08 Å². The predicted molar refractivity (Wildman–Crippen MR) is 103 cm³/mol. The van der Waals surface area contributed by atoms with Crippen molar-refractivity contribution in [3.05, 3.63) is 83.3 Å². The summed E-state index contributed by atoms with van der Waals surface area (Å²) in [6.07, 6.45) is 1.72. The van der Waals surface area contributed by atoms with E-state index in [9.17, 15) is 9.18 Å². The normalized spacial score (nSPS) is 15.6. The van der Waals surface area contributed by atoms with E-state index in [0.717, 1.165) is 5.56 Å². The first-order valence-corrected chi connectivity index (χ1v) is 8.82. The van der Waals surface area contributed by atoms with Crippen molar-refractivity contribution in [1.29, 1.82) is 0 Å². The molecule has 0 N–H and O–H groups in total. The molecule has 2 aromatic carbocycles. The van der Waals surface area contributed by atoms with Crippen molar-refractivity contribution in [2.45, 2.75) is 0 Å². The molecule has 0 unspecified atom stereocenters. The molecule has 1 amide bonds. The standard InChI is InChI=1S/C19H14ClFN2OS/c1-13(20)12-25-19-22-17(11-14-5-3-2-4-6-14)18(24)23(19)16-9-7-15(21)8-10-16/h2-11H,1,12H2. The van der Waals surface area contributed by atoms with Crippen molar-refractivity contribution in [2.75, 3.05) is 10.7 Å². The molecule has 0 bridgehead atoms. The molecule has 1 aliphatic heterocycles. The average Bonchev–Trinajstić information content (AvgIpc) is 2.91. The first-order chi connectivity index (χ1) is 12.0. The summed E-state index contributed by atoms with van der Waals surface area (Å²) < 4.78 is 13.2. The Balaban J connectivity index is 1.97. The summed E-state index contributed by atoms with van der Waals surface area (Å²) in [5.74, 6) is -0.210. The number of hydrogen-bond donors (Lipinski definition) is 0. The molecule has 0 radical (unpaired) electrons. The lowest BCUT2D eigenvalue weighted by molar-refractivity contribution is -0.113. The summed E-state index contributed by atoms with van der Waals surface area (Å²) in [5, 5.41) is 0.945. The van der Waals surface area contributed by atoms with Gasteiger partial charge in [0.25, 0.3) is 5.91 Å². The maximum atomic E-state index is 13.2. The average molecular weight is 373 g/mol. The molecule has 1 heterocycles. The van der Waals surface area contributed by atoms with E-state index >= 15 is 0 Å². The number of carbonyl (C=O) groups excluding carboxylic acids is 1. The number of aliphatic imine (C=N–C) groups is 1. The number of halogens is 2. The van der Waals surface area contributed by atoms with Gasteiger partial charge in [-0.3, -0.25) is 9.69 Å². The molecule has 3 rings (SSSR count). The van der Waals surface area contributed by atoms with E-state index in [-0.39, 0.29) is 11.7 Å². The van der Waals surface area contributed by atoms with Crippen LogP contribution >= 0.6 is 23.4 Å². The topological polar surface area (TPSA) is 32.7 Å². The van der Waals surface area contributed by atoms with Crippen LogP contribution in [0.5, 0.6) is 0 Å². The minimum absolute atomic E-state index is 0.266. The highest BCUT2D eigenvalue weighted by molar-refractivity contribution is 8.14. The van der Waals surface area contributed by atoms with Crippen molar-refractivity contribution < 1.29 is 9.18 Å². The summed E-state index contributed by atoms with van der Waals surface area (Å²) in [6.45, 7) is 3.65. The van der Waals surface area contributed by atoms with Gasteiger partial charge in [0, 0.05) is 10.8 Å². The SMILES string of the molecule is C=C(Cl)CSC1=NC(=Cc2ccccc2)C(=O)N1c1ccc(F)cc1. The minimum Gasteiger partial charge on any atom is -0.266 e. The monoisotopic (exact) mass is 372 g/mol. The molecular weight excluding hydrogens is 359 g/mol. The Labute approximate surface area is 154 Å². The maximum Gasteiger partial charge on any atom is 0.283 e. The van der Waals surface area contributed by atoms with Gasteiger partial charge in [-0.05, 0) is 35.9 Å². The van der Waals surface area contributed by atoms with Crippen LogP contribution in [0.4, 0.5) is 10.1 Å². The van der Waals surface area contributed by atoms with E-state index in [1.807, 2.05) is 30.3 Å². The Morgan fingerprint density at radius 2 is 1.88 bits per heavy atom. The number of rotatable bonds is 4. The molecule has 0 saturated carbocycles. The van der Waals surface area contributed by atoms with Gasteiger partial charge in [0.05, 0.1) is 5.69 Å². The first kappa shape index (κ1) is 17.5. The third-order valence-corrected chi connectivity index (χ3v) is 4.69. The number of nitrogens with zero attached hydrogens (tertiary/aromatic N) is 2. The third-order valence-electron chi connectivity index (χ3n) is 3.38. The van der Waals surface area contributed by atoms with Crippen molar-refractivity contribution in [2.24, 2.45) is 4.99 Å². The van der Waals surface area contributed by atoms with E-state index < -0.39 is 0 Å². The van der Waals surface area contributed by atoms with Gasteiger partial charge in [0.2, 0.25) is 0 Å². The van der Waals surface area contributed by atoms with Crippen LogP contribution in [0.3, 0.4) is 0 Å². The second kappa shape index (κ2) is 7.68. The number of benzene rings is 2. The molecule has 0 aromatic heterocycles. The predicted octanol–water partition coefficient (Wildman–Crippen LogP) is 5.06. The fraction of sp³-hybridized carbons (Fsp3) is 0.0526. The van der Waals surface area contributed by atoms with Gasteiger partial charge in [-0.15, -0.1) is 0 Å². The van der Waals surface area contributed by atoms with E-state index in [2.05, 4.69) is 11.6 Å². The third kappa shape index (κ3) is 4.18. The Morgan fingerprint density at radius 1 is 1.20 bits per heavy atom. The van der Waals surface area contributed by atoms with Crippen LogP contribution in [0.2, 0.25) is 0 Å². The largest absolute Gasteiger partial charge is 0.283 e. The molecule has 0 saturated heterocycles. The van der Waals surface area contributed by atoms with Gasteiger partial charge in [-0.2, -0.15) is 0 Å². The number of thioether (sulfide) groups is 1. The fourth-order valence-electron chi connectivity index (χ4n) is 2.26. The molecule has 25 heavy (non-hydrogen) atoms. The van der Waals surface area contributed by atoms with Gasteiger partial charge < -0.3 is 0 Å².